The number of amides is 2. The van der Waals surface area contributed by atoms with Crippen molar-refractivity contribution in [3.05, 3.63) is 53.6 Å². The monoisotopic (exact) mass is 354 g/mol. The van der Waals surface area contributed by atoms with Crippen molar-refractivity contribution >= 4 is 17.5 Å². The average molecular weight is 354 g/mol. The Morgan fingerprint density at radius 1 is 1.00 bits per heavy atom. The van der Waals surface area contributed by atoms with Gasteiger partial charge in [-0.2, -0.15) is 0 Å². The minimum Gasteiger partial charge on any atom is -0.497 e. The predicted molar refractivity (Wildman–Crippen MR) is 99.1 cm³/mol. The highest BCUT2D eigenvalue weighted by Crippen LogP contribution is 2.25. The van der Waals surface area contributed by atoms with Gasteiger partial charge in [-0.25, -0.2) is 0 Å². The van der Waals surface area contributed by atoms with E-state index in [2.05, 4.69) is 5.32 Å². The van der Waals surface area contributed by atoms with Crippen molar-refractivity contribution in [2.24, 2.45) is 0 Å². The summed E-state index contributed by atoms with van der Waals surface area (Å²) >= 11 is 0. The molecule has 0 bridgehead atoms. The van der Waals surface area contributed by atoms with Crippen molar-refractivity contribution in [2.45, 2.75) is 12.8 Å². The molecule has 1 aliphatic heterocycles. The van der Waals surface area contributed by atoms with Gasteiger partial charge in [-0.1, -0.05) is 6.07 Å². The fourth-order valence-corrected chi connectivity index (χ4v) is 3.02. The minimum absolute atomic E-state index is 0.00226. The summed E-state index contributed by atoms with van der Waals surface area (Å²) in [6.07, 6.45) is 2.08. The molecule has 6 heteroatoms. The lowest BCUT2D eigenvalue weighted by Crippen LogP contribution is -2.27. The van der Waals surface area contributed by atoms with Crippen molar-refractivity contribution in [3.63, 3.8) is 0 Å². The Kier molecular flexibility index (Phi) is 5.41. The van der Waals surface area contributed by atoms with Gasteiger partial charge in [-0.15, -0.1) is 0 Å². The zero-order chi connectivity index (χ0) is 18.5. The Morgan fingerprint density at radius 3 is 2.46 bits per heavy atom. The van der Waals surface area contributed by atoms with E-state index in [0.717, 1.165) is 25.9 Å². The molecule has 6 nitrogen and oxygen atoms in total. The molecule has 1 heterocycles. The maximum Gasteiger partial charge on any atom is 0.259 e. The number of ether oxygens (including phenoxy) is 2. The van der Waals surface area contributed by atoms with Crippen LogP contribution in [-0.4, -0.2) is 44.0 Å². The first-order valence-electron chi connectivity index (χ1n) is 8.55. The number of methoxy groups -OCH3 is 2. The molecule has 2 aromatic rings. The van der Waals surface area contributed by atoms with Crippen molar-refractivity contribution in [1.82, 2.24) is 4.90 Å². The van der Waals surface area contributed by atoms with E-state index in [-0.39, 0.29) is 11.8 Å². The van der Waals surface area contributed by atoms with E-state index in [9.17, 15) is 9.59 Å². The topological polar surface area (TPSA) is 67.9 Å². The van der Waals surface area contributed by atoms with E-state index in [0.29, 0.717) is 28.3 Å². The second kappa shape index (κ2) is 7.91. The van der Waals surface area contributed by atoms with Crippen molar-refractivity contribution in [2.75, 3.05) is 32.6 Å². The molecule has 2 aromatic carbocycles. The molecule has 1 fully saturated rings. The van der Waals surface area contributed by atoms with Crippen molar-refractivity contribution in [3.8, 4) is 11.5 Å². The molecule has 136 valence electrons. The molecule has 26 heavy (non-hydrogen) atoms. The van der Waals surface area contributed by atoms with Gasteiger partial charge in [0.25, 0.3) is 11.8 Å². The van der Waals surface area contributed by atoms with Crippen LogP contribution >= 0.6 is 0 Å². The number of hydrogen-bond donors (Lipinski definition) is 1. The number of benzene rings is 2. The Morgan fingerprint density at radius 2 is 1.77 bits per heavy atom. The molecule has 1 saturated heterocycles. The van der Waals surface area contributed by atoms with Crippen LogP contribution in [0.5, 0.6) is 11.5 Å². The lowest BCUT2D eigenvalue weighted by molar-refractivity contribution is 0.0792. The zero-order valence-corrected chi connectivity index (χ0v) is 15.0. The molecule has 3 rings (SSSR count). The van der Waals surface area contributed by atoms with Gasteiger partial charge in [-0.3, -0.25) is 9.59 Å². The second-order valence-electron chi connectivity index (χ2n) is 6.10. The maximum atomic E-state index is 12.7. The number of likely N-dealkylation sites (tertiary alicyclic amines) is 1. The molecule has 2 amide bonds. The van der Waals surface area contributed by atoms with Crippen LogP contribution in [0.2, 0.25) is 0 Å². The third-order valence-corrected chi connectivity index (χ3v) is 4.41. The highest BCUT2D eigenvalue weighted by atomic mass is 16.5. The summed E-state index contributed by atoms with van der Waals surface area (Å²) in [6.45, 7) is 1.58. The molecular formula is C20H22N2O4. The Labute approximate surface area is 152 Å². The predicted octanol–water partition coefficient (Wildman–Crippen LogP) is 3.19. The van der Waals surface area contributed by atoms with Gasteiger partial charge in [0, 0.05) is 24.3 Å². The minimum atomic E-state index is -0.327. The Hall–Kier alpha value is -3.02. The van der Waals surface area contributed by atoms with Crippen LogP contribution in [0, 0.1) is 0 Å². The Balaban J connectivity index is 1.79. The molecule has 0 aliphatic carbocycles. The summed E-state index contributed by atoms with van der Waals surface area (Å²) in [5.74, 6) is 0.686. The second-order valence-corrected chi connectivity index (χ2v) is 6.10. The van der Waals surface area contributed by atoms with E-state index in [1.54, 1.807) is 42.5 Å². The maximum absolute atomic E-state index is 12.7. The van der Waals surface area contributed by atoms with Crippen LogP contribution in [0.25, 0.3) is 0 Å². The van der Waals surface area contributed by atoms with Gasteiger partial charge in [0.1, 0.15) is 11.5 Å². The molecule has 1 N–H and O–H groups in total. The number of carbonyl (C=O) groups excluding carboxylic acids is 2. The molecule has 0 radical (unpaired) electrons. The number of nitrogens with zero attached hydrogens (tertiary/aromatic N) is 1. The SMILES string of the molecule is COc1ccc(OC)c(C(=O)Nc2cccc(C(=O)N3CCCC3)c2)c1. The Bertz CT molecular complexity index is 813. The number of nitrogens with one attached hydrogen (secondary N) is 1. The molecule has 0 saturated carbocycles. The highest BCUT2D eigenvalue weighted by Gasteiger charge is 2.20. The molecule has 0 spiro atoms. The van der Waals surface area contributed by atoms with Crippen molar-refractivity contribution in [1.29, 1.82) is 0 Å². The van der Waals surface area contributed by atoms with E-state index >= 15 is 0 Å². The first-order valence-corrected chi connectivity index (χ1v) is 8.55. The molecular weight excluding hydrogens is 332 g/mol. The lowest BCUT2D eigenvalue weighted by Gasteiger charge is -2.16. The number of carbonyl (C=O) groups is 2. The number of anilines is 1. The van der Waals surface area contributed by atoms with Gasteiger partial charge in [0.05, 0.1) is 19.8 Å². The largest absolute Gasteiger partial charge is 0.497 e. The first-order chi connectivity index (χ1) is 12.6. The average Bonchev–Trinajstić information content (AvgIpc) is 3.21. The van der Waals surface area contributed by atoms with Gasteiger partial charge in [-0.05, 0) is 49.2 Å². The zero-order valence-electron chi connectivity index (χ0n) is 15.0. The third-order valence-electron chi connectivity index (χ3n) is 4.41. The first kappa shape index (κ1) is 17.8. The standard InChI is InChI=1S/C20H22N2O4/c1-25-16-8-9-18(26-2)17(13-16)19(23)21-15-7-5-6-14(12-15)20(24)22-10-3-4-11-22/h5-9,12-13H,3-4,10-11H2,1-2H3,(H,21,23). The van der Waals surface area contributed by atoms with Crippen LogP contribution in [0.4, 0.5) is 5.69 Å². The number of hydrogen-bond acceptors (Lipinski definition) is 4. The summed E-state index contributed by atoms with van der Waals surface area (Å²) in [6, 6.07) is 12.0. The molecule has 0 aromatic heterocycles. The quantitative estimate of drug-likeness (QED) is 0.895. The van der Waals surface area contributed by atoms with E-state index in [1.165, 1.54) is 14.2 Å². The molecule has 0 atom stereocenters. The van der Waals surface area contributed by atoms with Crippen LogP contribution in [0.1, 0.15) is 33.6 Å². The smallest absolute Gasteiger partial charge is 0.259 e. The molecule has 1 aliphatic rings. The van der Waals surface area contributed by atoms with Gasteiger partial charge >= 0.3 is 0 Å². The summed E-state index contributed by atoms with van der Waals surface area (Å²) < 4.78 is 10.4. The summed E-state index contributed by atoms with van der Waals surface area (Å²) in [4.78, 5) is 27.0. The third kappa shape index (κ3) is 3.79. The fourth-order valence-electron chi connectivity index (χ4n) is 3.02. The fraction of sp³-hybridized carbons (Fsp3) is 0.300. The van der Waals surface area contributed by atoms with Gasteiger partial charge in [0.15, 0.2) is 0 Å². The highest BCUT2D eigenvalue weighted by molar-refractivity contribution is 6.07. The number of rotatable bonds is 5. The normalized spacial score (nSPS) is 13.4. The van der Waals surface area contributed by atoms with Crippen LogP contribution in [-0.2, 0) is 0 Å². The summed E-state index contributed by atoms with van der Waals surface area (Å²) in [5, 5.41) is 2.82. The van der Waals surface area contributed by atoms with E-state index < -0.39 is 0 Å². The van der Waals surface area contributed by atoms with Crippen molar-refractivity contribution < 1.29 is 19.1 Å². The summed E-state index contributed by atoms with van der Waals surface area (Å²) in [5.41, 5.74) is 1.50. The molecule has 0 unspecified atom stereocenters. The van der Waals surface area contributed by atoms with Crippen LogP contribution in [0.3, 0.4) is 0 Å². The van der Waals surface area contributed by atoms with Gasteiger partial charge < -0.3 is 19.7 Å². The van der Waals surface area contributed by atoms with Crippen LogP contribution in [0.15, 0.2) is 42.5 Å². The van der Waals surface area contributed by atoms with E-state index in [4.69, 9.17) is 9.47 Å². The summed E-state index contributed by atoms with van der Waals surface area (Å²) in [7, 11) is 3.05. The van der Waals surface area contributed by atoms with Crippen LogP contribution < -0.4 is 14.8 Å². The lowest BCUT2D eigenvalue weighted by atomic mass is 10.1. The van der Waals surface area contributed by atoms with E-state index in [1.807, 2.05) is 4.90 Å². The van der Waals surface area contributed by atoms with Gasteiger partial charge in [0.2, 0.25) is 0 Å².